The van der Waals surface area contributed by atoms with Crippen LogP contribution < -0.4 is 0 Å². The Morgan fingerprint density at radius 3 is 2.21 bits per heavy atom. The van der Waals surface area contributed by atoms with Gasteiger partial charge in [0.15, 0.2) is 0 Å². The highest BCUT2D eigenvalue weighted by Gasteiger charge is 2.14. The van der Waals surface area contributed by atoms with Crippen LogP contribution in [0.4, 0.5) is 0 Å². The number of nitrogens with zero attached hydrogens (tertiary/aromatic N) is 1. The Balaban J connectivity index is 2.62. The third-order valence-electron chi connectivity index (χ3n) is 3.09. The van der Waals surface area contributed by atoms with Gasteiger partial charge >= 0.3 is 0 Å². The first kappa shape index (κ1) is 15.7. The highest BCUT2D eigenvalue weighted by atomic mass is 16.5. The van der Waals surface area contributed by atoms with Crippen molar-refractivity contribution in [3.63, 3.8) is 0 Å². The van der Waals surface area contributed by atoms with Crippen molar-refractivity contribution < 1.29 is 14.3 Å². The summed E-state index contributed by atoms with van der Waals surface area (Å²) in [6, 6.07) is 7.97. The van der Waals surface area contributed by atoms with Gasteiger partial charge in [-0.05, 0) is 18.1 Å². The maximum atomic E-state index is 12.3. The largest absolute Gasteiger partial charge is 0.383 e. The fourth-order valence-corrected chi connectivity index (χ4v) is 1.85. The Labute approximate surface area is 115 Å². The second kappa shape index (κ2) is 8.67. The van der Waals surface area contributed by atoms with Crippen molar-refractivity contribution in [1.29, 1.82) is 0 Å². The van der Waals surface area contributed by atoms with E-state index in [0.717, 1.165) is 11.1 Å². The molecule has 106 valence electrons. The van der Waals surface area contributed by atoms with E-state index in [9.17, 15) is 4.79 Å². The molecule has 0 unspecified atom stereocenters. The minimum Gasteiger partial charge on any atom is -0.383 e. The second-order valence-corrected chi connectivity index (χ2v) is 4.47. The Kier molecular flexibility index (Phi) is 7.15. The molecule has 0 aliphatic rings. The lowest BCUT2D eigenvalue weighted by Crippen LogP contribution is -2.37. The molecule has 19 heavy (non-hydrogen) atoms. The van der Waals surface area contributed by atoms with Gasteiger partial charge in [-0.25, -0.2) is 0 Å². The Bertz CT molecular complexity index is 385. The summed E-state index contributed by atoms with van der Waals surface area (Å²) in [6.07, 6.45) is 0.431. The second-order valence-electron chi connectivity index (χ2n) is 4.47. The van der Waals surface area contributed by atoms with Crippen LogP contribution in [0, 0.1) is 6.92 Å². The summed E-state index contributed by atoms with van der Waals surface area (Å²) in [4.78, 5) is 14.1. The molecule has 1 rings (SSSR count). The van der Waals surface area contributed by atoms with Gasteiger partial charge in [0.25, 0.3) is 0 Å². The minimum atomic E-state index is 0.114. The van der Waals surface area contributed by atoms with Crippen LogP contribution in [0.5, 0.6) is 0 Å². The Morgan fingerprint density at radius 1 is 1.11 bits per heavy atom. The third kappa shape index (κ3) is 5.41. The van der Waals surface area contributed by atoms with Gasteiger partial charge in [-0.15, -0.1) is 0 Å². The molecule has 0 fully saturated rings. The molecule has 0 aliphatic heterocycles. The van der Waals surface area contributed by atoms with Crippen molar-refractivity contribution in [1.82, 2.24) is 4.90 Å². The van der Waals surface area contributed by atoms with Crippen LogP contribution in [0.1, 0.15) is 11.1 Å². The lowest BCUT2D eigenvalue weighted by Gasteiger charge is -2.22. The van der Waals surface area contributed by atoms with Crippen molar-refractivity contribution >= 4 is 5.91 Å². The molecule has 0 aliphatic carbocycles. The first-order chi connectivity index (χ1) is 9.19. The van der Waals surface area contributed by atoms with Crippen molar-refractivity contribution in [2.45, 2.75) is 13.3 Å². The van der Waals surface area contributed by atoms with Crippen LogP contribution in [0.3, 0.4) is 0 Å². The maximum Gasteiger partial charge on any atom is 0.227 e. The average Bonchev–Trinajstić information content (AvgIpc) is 2.41. The SMILES string of the molecule is COCCN(CCOC)C(=O)Cc1ccccc1C. The topological polar surface area (TPSA) is 38.8 Å². The van der Waals surface area contributed by atoms with Crippen LogP contribution >= 0.6 is 0 Å². The first-order valence-corrected chi connectivity index (χ1v) is 6.49. The molecule has 0 saturated heterocycles. The number of methoxy groups -OCH3 is 2. The summed E-state index contributed by atoms with van der Waals surface area (Å²) >= 11 is 0. The molecule has 0 radical (unpaired) electrons. The maximum absolute atomic E-state index is 12.3. The van der Waals surface area contributed by atoms with Gasteiger partial charge in [0.2, 0.25) is 5.91 Å². The molecule has 1 amide bonds. The molecule has 0 bridgehead atoms. The monoisotopic (exact) mass is 265 g/mol. The molecule has 4 heteroatoms. The van der Waals surface area contributed by atoms with Crippen molar-refractivity contribution in [3.8, 4) is 0 Å². The smallest absolute Gasteiger partial charge is 0.227 e. The Hall–Kier alpha value is -1.39. The van der Waals surface area contributed by atoms with Crippen molar-refractivity contribution in [3.05, 3.63) is 35.4 Å². The number of carbonyl (C=O) groups excluding carboxylic acids is 1. The van der Waals surface area contributed by atoms with E-state index in [-0.39, 0.29) is 5.91 Å². The van der Waals surface area contributed by atoms with Crippen LogP contribution in [0.15, 0.2) is 24.3 Å². The van der Waals surface area contributed by atoms with E-state index in [0.29, 0.717) is 32.7 Å². The van der Waals surface area contributed by atoms with Gasteiger partial charge < -0.3 is 14.4 Å². The predicted molar refractivity (Wildman–Crippen MR) is 75.2 cm³/mol. The van der Waals surface area contributed by atoms with E-state index >= 15 is 0 Å². The Morgan fingerprint density at radius 2 is 1.68 bits per heavy atom. The minimum absolute atomic E-state index is 0.114. The van der Waals surface area contributed by atoms with Crippen LogP contribution in [-0.2, 0) is 20.7 Å². The van der Waals surface area contributed by atoms with E-state index < -0.39 is 0 Å². The normalized spacial score (nSPS) is 10.5. The number of rotatable bonds is 8. The molecule has 0 spiro atoms. The number of amides is 1. The van der Waals surface area contributed by atoms with Crippen molar-refractivity contribution in [2.75, 3.05) is 40.5 Å². The molecular weight excluding hydrogens is 242 g/mol. The average molecular weight is 265 g/mol. The zero-order chi connectivity index (χ0) is 14.1. The van der Waals surface area contributed by atoms with E-state index in [2.05, 4.69) is 0 Å². The van der Waals surface area contributed by atoms with E-state index in [1.165, 1.54) is 0 Å². The fraction of sp³-hybridized carbons (Fsp3) is 0.533. The first-order valence-electron chi connectivity index (χ1n) is 6.49. The zero-order valence-corrected chi connectivity index (χ0v) is 12.0. The molecular formula is C15H23NO3. The summed E-state index contributed by atoms with van der Waals surface area (Å²) in [5, 5.41) is 0. The number of ether oxygens (including phenoxy) is 2. The highest BCUT2D eigenvalue weighted by molar-refractivity contribution is 5.79. The van der Waals surface area contributed by atoms with Crippen LogP contribution in [0.25, 0.3) is 0 Å². The van der Waals surface area contributed by atoms with E-state index in [4.69, 9.17) is 9.47 Å². The quantitative estimate of drug-likeness (QED) is 0.717. The van der Waals surface area contributed by atoms with Crippen LogP contribution in [-0.4, -0.2) is 51.3 Å². The molecule has 1 aromatic rings. The summed E-state index contributed by atoms with van der Waals surface area (Å²) in [5.41, 5.74) is 2.22. The van der Waals surface area contributed by atoms with Crippen LogP contribution in [0.2, 0.25) is 0 Å². The molecule has 0 aromatic heterocycles. The number of carbonyl (C=O) groups is 1. The van der Waals surface area contributed by atoms with E-state index in [1.54, 1.807) is 19.1 Å². The van der Waals surface area contributed by atoms with Gasteiger partial charge in [-0.1, -0.05) is 24.3 Å². The molecule has 1 aromatic carbocycles. The fourth-order valence-electron chi connectivity index (χ4n) is 1.85. The summed E-state index contributed by atoms with van der Waals surface area (Å²) in [5.74, 6) is 0.114. The number of aryl methyl sites for hydroxylation is 1. The number of benzene rings is 1. The van der Waals surface area contributed by atoms with Crippen molar-refractivity contribution in [2.24, 2.45) is 0 Å². The lowest BCUT2D eigenvalue weighted by atomic mass is 10.1. The molecule has 0 heterocycles. The van der Waals surface area contributed by atoms with Gasteiger partial charge in [0.1, 0.15) is 0 Å². The van der Waals surface area contributed by atoms with Gasteiger partial charge in [0.05, 0.1) is 19.6 Å². The summed E-state index contributed by atoms with van der Waals surface area (Å²) in [7, 11) is 3.28. The summed E-state index contributed by atoms with van der Waals surface area (Å²) in [6.45, 7) is 4.32. The van der Waals surface area contributed by atoms with Gasteiger partial charge in [-0.2, -0.15) is 0 Å². The zero-order valence-electron chi connectivity index (χ0n) is 12.0. The highest BCUT2D eigenvalue weighted by Crippen LogP contribution is 2.09. The number of hydrogen-bond donors (Lipinski definition) is 0. The molecule has 0 saturated carbocycles. The molecule has 0 atom stereocenters. The van der Waals surface area contributed by atoms with Gasteiger partial charge in [-0.3, -0.25) is 4.79 Å². The lowest BCUT2D eigenvalue weighted by molar-refractivity contribution is -0.131. The standard InChI is InChI=1S/C15H23NO3/c1-13-6-4-5-7-14(13)12-15(17)16(8-10-18-2)9-11-19-3/h4-7H,8-12H2,1-3H3. The molecule has 4 nitrogen and oxygen atoms in total. The summed E-state index contributed by atoms with van der Waals surface area (Å²) < 4.78 is 10.1. The van der Waals surface area contributed by atoms with Gasteiger partial charge in [0, 0.05) is 27.3 Å². The predicted octanol–water partition coefficient (Wildman–Crippen LogP) is 1.66. The number of hydrogen-bond acceptors (Lipinski definition) is 3. The third-order valence-corrected chi connectivity index (χ3v) is 3.09. The molecule has 0 N–H and O–H groups in total. The van der Waals surface area contributed by atoms with E-state index in [1.807, 2.05) is 31.2 Å².